The van der Waals surface area contributed by atoms with Crippen LogP contribution in [0.4, 0.5) is 5.95 Å². The lowest BCUT2D eigenvalue weighted by Gasteiger charge is -2.02. The lowest BCUT2D eigenvalue weighted by Crippen LogP contribution is -2.12. The molecule has 7 nitrogen and oxygen atoms in total. The van der Waals surface area contributed by atoms with Crippen LogP contribution in [0, 0.1) is 0 Å². The molecule has 0 saturated carbocycles. The van der Waals surface area contributed by atoms with Gasteiger partial charge in [-0.3, -0.25) is 15.2 Å². The number of ether oxygens (including phenoxy) is 2. The molecule has 0 atom stereocenters. The van der Waals surface area contributed by atoms with Crippen LogP contribution in [0.1, 0.15) is 10.4 Å². The molecule has 0 radical (unpaired) electrons. The summed E-state index contributed by atoms with van der Waals surface area (Å²) in [6, 6.07) is 12.2. The maximum absolute atomic E-state index is 12.3. The average Bonchev–Trinajstić information content (AvgIpc) is 3.23. The van der Waals surface area contributed by atoms with Crippen molar-refractivity contribution in [1.29, 1.82) is 0 Å². The summed E-state index contributed by atoms with van der Waals surface area (Å²) in [5.41, 5.74) is 1.12. The van der Waals surface area contributed by atoms with Crippen molar-refractivity contribution in [3.63, 3.8) is 0 Å². The molecule has 1 aromatic heterocycles. The molecule has 4 rings (SSSR count). The molecule has 8 heteroatoms. The van der Waals surface area contributed by atoms with Crippen LogP contribution in [0.3, 0.4) is 0 Å². The molecule has 1 aliphatic rings. The lowest BCUT2D eigenvalue weighted by molar-refractivity contribution is 0.102. The number of aromatic amines is 1. The van der Waals surface area contributed by atoms with E-state index < -0.39 is 0 Å². The van der Waals surface area contributed by atoms with Crippen molar-refractivity contribution in [1.82, 2.24) is 15.2 Å². The largest absolute Gasteiger partial charge is 0.454 e. The standard InChI is InChI=1S/C16H11ClN4O3/c17-11-4-2-1-3-10(11)14-18-16(21-20-14)19-15(22)9-5-6-12-13(7-9)24-8-23-12/h1-7H,8H2,(H2,18,19,20,21,22). The molecule has 0 spiro atoms. The summed E-state index contributed by atoms with van der Waals surface area (Å²) >= 11 is 6.12. The van der Waals surface area contributed by atoms with Crippen LogP contribution in [0.15, 0.2) is 42.5 Å². The van der Waals surface area contributed by atoms with E-state index in [4.69, 9.17) is 21.1 Å². The Morgan fingerprint density at radius 2 is 2.00 bits per heavy atom. The molecule has 0 fully saturated rings. The van der Waals surface area contributed by atoms with E-state index in [9.17, 15) is 4.79 Å². The molecule has 2 aromatic carbocycles. The van der Waals surface area contributed by atoms with Crippen LogP contribution in [0.25, 0.3) is 11.4 Å². The van der Waals surface area contributed by atoms with E-state index in [2.05, 4.69) is 20.5 Å². The second kappa shape index (κ2) is 5.86. The van der Waals surface area contributed by atoms with Gasteiger partial charge in [-0.15, -0.1) is 5.10 Å². The first-order valence-electron chi connectivity index (χ1n) is 7.09. The van der Waals surface area contributed by atoms with Crippen LogP contribution in [0.5, 0.6) is 11.5 Å². The van der Waals surface area contributed by atoms with E-state index in [0.717, 1.165) is 0 Å². The first-order chi connectivity index (χ1) is 11.7. The van der Waals surface area contributed by atoms with Crippen LogP contribution < -0.4 is 14.8 Å². The van der Waals surface area contributed by atoms with Gasteiger partial charge in [-0.1, -0.05) is 23.7 Å². The molecular weight excluding hydrogens is 332 g/mol. The molecule has 0 unspecified atom stereocenters. The highest BCUT2D eigenvalue weighted by atomic mass is 35.5. The van der Waals surface area contributed by atoms with Gasteiger partial charge in [0.15, 0.2) is 17.3 Å². The molecule has 1 amide bonds. The van der Waals surface area contributed by atoms with Crippen molar-refractivity contribution in [2.75, 3.05) is 12.1 Å². The second-order valence-electron chi connectivity index (χ2n) is 5.01. The highest BCUT2D eigenvalue weighted by Gasteiger charge is 2.17. The van der Waals surface area contributed by atoms with Crippen molar-refractivity contribution in [3.05, 3.63) is 53.1 Å². The number of nitrogens with one attached hydrogen (secondary N) is 2. The Hall–Kier alpha value is -3.06. The summed E-state index contributed by atoms with van der Waals surface area (Å²) in [5, 5.41) is 9.92. The van der Waals surface area contributed by atoms with Gasteiger partial charge < -0.3 is 9.47 Å². The fourth-order valence-corrected chi connectivity index (χ4v) is 2.53. The van der Waals surface area contributed by atoms with E-state index in [0.29, 0.717) is 33.5 Å². The Labute approximate surface area is 141 Å². The molecule has 0 aliphatic carbocycles. The maximum Gasteiger partial charge on any atom is 0.258 e. The van der Waals surface area contributed by atoms with Crippen LogP contribution in [0.2, 0.25) is 5.02 Å². The molecule has 2 N–H and O–H groups in total. The Morgan fingerprint density at radius 1 is 1.17 bits per heavy atom. The van der Waals surface area contributed by atoms with Gasteiger partial charge in [0, 0.05) is 11.1 Å². The third-order valence-corrected chi connectivity index (χ3v) is 3.80. The summed E-state index contributed by atoms with van der Waals surface area (Å²) in [6.07, 6.45) is 0. The highest BCUT2D eigenvalue weighted by Crippen LogP contribution is 2.32. The van der Waals surface area contributed by atoms with Gasteiger partial charge in [0.05, 0.1) is 5.02 Å². The zero-order valence-electron chi connectivity index (χ0n) is 12.2. The SMILES string of the molecule is O=C(Nc1n[nH]c(-c2ccccc2Cl)n1)c1ccc2c(c1)OCO2. The normalized spacial score (nSPS) is 12.2. The Bertz CT molecular complexity index is 925. The summed E-state index contributed by atoms with van der Waals surface area (Å²) < 4.78 is 10.5. The number of amides is 1. The number of H-pyrrole nitrogens is 1. The van der Waals surface area contributed by atoms with Gasteiger partial charge >= 0.3 is 0 Å². The Morgan fingerprint density at radius 3 is 2.88 bits per heavy atom. The fraction of sp³-hybridized carbons (Fsp3) is 0.0625. The molecule has 1 aliphatic heterocycles. The monoisotopic (exact) mass is 342 g/mol. The van der Waals surface area contributed by atoms with Gasteiger partial charge in [-0.2, -0.15) is 4.98 Å². The van der Waals surface area contributed by atoms with Crippen LogP contribution in [-0.2, 0) is 0 Å². The third-order valence-electron chi connectivity index (χ3n) is 3.47. The Balaban J connectivity index is 1.54. The number of nitrogens with zero attached hydrogens (tertiary/aromatic N) is 2. The summed E-state index contributed by atoms with van der Waals surface area (Å²) in [4.78, 5) is 16.5. The zero-order valence-corrected chi connectivity index (χ0v) is 13.0. The molecule has 0 bridgehead atoms. The lowest BCUT2D eigenvalue weighted by atomic mass is 10.2. The predicted molar refractivity (Wildman–Crippen MR) is 87.3 cm³/mol. The van der Waals surface area contributed by atoms with Gasteiger partial charge in [-0.05, 0) is 30.3 Å². The number of anilines is 1. The molecule has 2 heterocycles. The van der Waals surface area contributed by atoms with Gasteiger partial charge in [0.2, 0.25) is 12.7 Å². The van der Waals surface area contributed by atoms with E-state index in [1.807, 2.05) is 18.2 Å². The van der Waals surface area contributed by atoms with Crippen LogP contribution in [-0.4, -0.2) is 27.9 Å². The number of carbonyl (C=O) groups excluding carboxylic acids is 1. The van der Waals surface area contributed by atoms with Crippen LogP contribution >= 0.6 is 11.6 Å². The van der Waals surface area contributed by atoms with Gasteiger partial charge in [-0.25, -0.2) is 0 Å². The van der Waals surface area contributed by atoms with E-state index in [-0.39, 0.29) is 18.6 Å². The van der Waals surface area contributed by atoms with Gasteiger partial charge in [0.1, 0.15) is 0 Å². The maximum atomic E-state index is 12.3. The number of fused-ring (bicyclic) bond motifs is 1. The minimum atomic E-state index is -0.349. The Kier molecular flexibility index (Phi) is 3.55. The van der Waals surface area contributed by atoms with E-state index in [1.165, 1.54) is 0 Å². The smallest absolute Gasteiger partial charge is 0.258 e. The molecule has 120 valence electrons. The predicted octanol–water partition coefficient (Wildman–Crippen LogP) is 3.11. The number of carbonyl (C=O) groups is 1. The van der Waals surface area contributed by atoms with Crippen molar-refractivity contribution >= 4 is 23.5 Å². The average molecular weight is 343 g/mol. The molecular formula is C16H11ClN4O3. The topological polar surface area (TPSA) is 89.1 Å². The van der Waals surface area contributed by atoms with Gasteiger partial charge in [0.25, 0.3) is 5.91 Å². The van der Waals surface area contributed by atoms with Crippen molar-refractivity contribution in [3.8, 4) is 22.9 Å². The quantitative estimate of drug-likeness (QED) is 0.763. The molecule has 24 heavy (non-hydrogen) atoms. The van der Waals surface area contributed by atoms with E-state index in [1.54, 1.807) is 24.3 Å². The number of benzene rings is 2. The minimum Gasteiger partial charge on any atom is -0.454 e. The summed E-state index contributed by atoms with van der Waals surface area (Å²) in [5.74, 6) is 1.44. The number of aromatic nitrogens is 3. The second-order valence-corrected chi connectivity index (χ2v) is 5.42. The van der Waals surface area contributed by atoms with E-state index >= 15 is 0 Å². The minimum absolute atomic E-state index is 0.155. The number of hydrogen-bond donors (Lipinski definition) is 2. The molecule has 3 aromatic rings. The van der Waals surface area contributed by atoms with Crippen molar-refractivity contribution in [2.45, 2.75) is 0 Å². The third kappa shape index (κ3) is 2.65. The van der Waals surface area contributed by atoms with Crippen molar-refractivity contribution < 1.29 is 14.3 Å². The van der Waals surface area contributed by atoms with Crippen molar-refractivity contribution in [2.24, 2.45) is 0 Å². The molecule has 0 saturated heterocycles. The summed E-state index contributed by atoms with van der Waals surface area (Å²) in [6.45, 7) is 0.155. The number of hydrogen-bond acceptors (Lipinski definition) is 5. The zero-order chi connectivity index (χ0) is 16.5. The highest BCUT2D eigenvalue weighted by molar-refractivity contribution is 6.33. The fourth-order valence-electron chi connectivity index (χ4n) is 2.30. The number of halogens is 1. The first kappa shape index (κ1) is 14.5. The summed E-state index contributed by atoms with van der Waals surface area (Å²) in [7, 11) is 0. The first-order valence-corrected chi connectivity index (χ1v) is 7.47. The number of rotatable bonds is 3.